The first-order chi connectivity index (χ1) is 26.7. The van der Waals surface area contributed by atoms with Crippen molar-refractivity contribution >= 4 is 45.6 Å². The number of rotatable bonds is 7. The zero-order valence-electron chi connectivity index (χ0n) is 32.2. The van der Waals surface area contributed by atoms with Crippen LogP contribution < -0.4 is 15.5 Å². The second-order valence-corrected chi connectivity index (χ2v) is 18.6. The van der Waals surface area contributed by atoms with Crippen molar-refractivity contribution in [1.29, 1.82) is 0 Å². The van der Waals surface area contributed by atoms with Gasteiger partial charge in [0.05, 0.1) is 17.1 Å². The molecular formula is C42H51N5O8S. The highest BCUT2D eigenvalue weighted by molar-refractivity contribution is 7.91. The monoisotopic (exact) mass is 785 g/mol. The van der Waals surface area contributed by atoms with Gasteiger partial charge in [-0.05, 0) is 94.9 Å². The lowest BCUT2D eigenvalue weighted by atomic mass is 9.93. The van der Waals surface area contributed by atoms with Crippen LogP contribution in [0.4, 0.5) is 4.79 Å². The van der Waals surface area contributed by atoms with E-state index in [2.05, 4.69) is 52.4 Å². The van der Waals surface area contributed by atoms with Crippen LogP contribution in [0.3, 0.4) is 0 Å². The summed E-state index contributed by atoms with van der Waals surface area (Å²) in [6.07, 6.45) is 9.68. The number of amides is 4. The molecule has 0 aromatic heterocycles. The van der Waals surface area contributed by atoms with Gasteiger partial charge in [0, 0.05) is 23.6 Å². The summed E-state index contributed by atoms with van der Waals surface area (Å²) in [4.78, 5) is 61.8. The summed E-state index contributed by atoms with van der Waals surface area (Å²) in [6, 6.07) is 14.2. The zero-order chi connectivity index (χ0) is 39.8. The molecule has 5 atom stereocenters. The number of hydrogen-bond acceptors (Lipinski definition) is 9. The molecule has 298 valence electrons. The second-order valence-electron chi connectivity index (χ2n) is 16.6. The van der Waals surface area contributed by atoms with E-state index in [1.165, 1.54) is 11.1 Å². The summed E-state index contributed by atoms with van der Waals surface area (Å²) < 4.78 is 33.2. The molecule has 13 nitrogen and oxygen atoms in total. The van der Waals surface area contributed by atoms with Gasteiger partial charge in [0.2, 0.25) is 21.8 Å². The Morgan fingerprint density at radius 2 is 1.73 bits per heavy atom. The molecule has 56 heavy (non-hydrogen) atoms. The number of hydrogen-bond donors (Lipinski definition) is 3. The molecule has 3 fully saturated rings. The van der Waals surface area contributed by atoms with Gasteiger partial charge in [-0.25, -0.2) is 18.6 Å². The van der Waals surface area contributed by atoms with E-state index in [1.54, 1.807) is 20.8 Å². The average Bonchev–Trinajstić information content (AvgIpc) is 4.06. The van der Waals surface area contributed by atoms with E-state index in [0.717, 1.165) is 53.5 Å². The Bertz CT molecular complexity index is 2090. The van der Waals surface area contributed by atoms with Gasteiger partial charge < -0.3 is 14.9 Å². The first-order valence-corrected chi connectivity index (χ1v) is 21.2. The first kappa shape index (κ1) is 39.3. The van der Waals surface area contributed by atoms with Crippen LogP contribution in [0.1, 0.15) is 102 Å². The molecule has 3 N–H and O–H groups in total. The number of carbonyl (C=O) groups excluding carboxylic acids is 4. The Hall–Kier alpha value is -4.98. The van der Waals surface area contributed by atoms with Crippen LogP contribution in [-0.4, -0.2) is 72.0 Å². The van der Waals surface area contributed by atoms with Gasteiger partial charge in [-0.2, -0.15) is 0 Å². The summed E-state index contributed by atoms with van der Waals surface area (Å²) in [5.41, 5.74) is 5.84. The molecule has 1 aliphatic heterocycles. The smallest absolute Gasteiger partial charge is 0.426 e. The van der Waals surface area contributed by atoms with Crippen molar-refractivity contribution < 1.29 is 37.2 Å². The third-order valence-electron chi connectivity index (χ3n) is 11.2. The van der Waals surface area contributed by atoms with Crippen LogP contribution in [0.25, 0.3) is 17.2 Å². The number of oxime groups is 1. The molecule has 14 heteroatoms. The summed E-state index contributed by atoms with van der Waals surface area (Å²) in [5, 5.41) is 8.14. The molecule has 5 aliphatic rings. The van der Waals surface area contributed by atoms with Gasteiger partial charge in [-0.15, -0.1) is 6.58 Å². The molecule has 4 aliphatic carbocycles. The van der Waals surface area contributed by atoms with Crippen molar-refractivity contribution in [3.63, 3.8) is 0 Å². The van der Waals surface area contributed by atoms with Gasteiger partial charge in [0.25, 0.3) is 5.91 Å². The molecule has 7 rings (SSSR count). The SMILES string of the molecule is C=C[C@@H]1C[C@]1(NC(=O)[C@@H]1C[C@@H]2C[C@H]1C(=O)N(NC(=O)OC(C)(C)C)CCCCCCC=Cc1ccc3c(c1)C(=NO2)c1ccccc1-3)C(=O)NS(=O)(=O)C1CC1. The molecule has 0 unspecified atom stereocenters. The van der Waals surface area contributed by atoms with E-state index >= 15 is 0 Å². The fourth-order valence-corrected chi connectivity index (χ4v) is 9.36. The number of ether oxygens (including phenoxy) is 1. The van der Waals surface area contributed by atoms with E-state index in [4.69, 9.17) is 14.7 Å². The predicted octanol–water partition coefficient (Wildman–Crippen LogP) is 5.75. The minimum absolute atomic E-state index is 0.0768. The highest BCUT2D eigenvalue weighted by Gasteiger charge is 2.62. The van der Waals surface area contributed by atoms with Crippen molar-refractivity contribution in [2.24, 2.45) is 22.9 Å². The molecular weight excluding hydrogens is 735 g/mol. The number of sulfonamides is 1. The number of carbonyl (C=O) groups is 4. The number of hydrazine groups is 1. The summed E-state index contributed by atoms with van der Waals surface area (Å²) >= 11 is 0. The topological polar surface area (TPSA) is 173 Å². The van der Waals surface area contributed by atoms with Crippen molar-refractivity contribution in [3.8, 4) is 11.1 Å². The molecule has 1 heterocycles. The van der Waals surface area contributed by atoms with Gasteiger partial charge >= 0.3 is 6.09 Å². The van der Waals surface area contributed by atoms with Gasteiger partial charge in [-0.3, -0.25) is 24.1 Å². The maximum Gasteiger partial charge on any atom is 0.426 e. The van der Waals surface area contributed by atoms with Crippen LogP contribution in [0.5, 0.6) is 0 Å². The lowest BCUT2D eigenvalue weighted by Gasteiger charge is -2.30. The largest absolute Gasteiger partial charge is 0.443 e. The Morgan fingerprint density at radius 1 is 1.00 bits per heavy atom. The maximum absolute atomic E-state index is 14.6. The van der Waals surface area contributed by atoms with Crippen molar-refractivity contribution in [3.05, 3.63) is 77.9 Å². The Balaban J connectivity index is 1.21. The third-order valence-corrected chi connectivity index (χ3v) is 13.0. The molecule has 4 amide bonds. The molecule has 3 saturated carbocycles. The predicted molar refractivity (Wildman–Crippen MR) is 211 cm³/mol. The number of nitrogens with one attached hydrogen (secondary N) is 3. The minimum atomic E-state index is -3.89. The molecule has 0 radical (unpaired) electrons. The lowest BCUT2D eigenvalue weighted by molar-refractivity contribution is -0.144. The molecule has 0 spiro atoms. The molecule has 0 saturated heterocycles. The molecule has 2 aromatic carbocycles. The number of nitrogens with zero attached hydrogens (tertiary/aromatic N) is 2. The fourth-order valence-electron chi connectivity index (χ4n) is 8.00. The quantitative estimate of drug-likeness (QED) is 0.254. The molecule has 2 aromatic rings. The van der Waals surface area contributed by atoms with E-state index in [9.17, 15) is 27.6 Å². The average molecular weight is 786 g/mol. The minimum Gasteiger partial charge on any atom is -0.443 e. The van der Waals surface area contributed by atoms with Crippen LogP contribution in [0.2, 0.25) is 0 Å². The number of fused-ring (bicyclic) bond motifs is 6. The molecule has 4 bridgehead atoms. The first-order valence-electron chi connectivity index (χ1n) is 19.7. The Labute approximate surface area is 328 Å². The summed E-state index contributed by atoms with van der Waals surface area (Å²) in [6.45, 7) is 9.16. The van der Waals surface area contributed by atoms with Crippen molar-refractivity contribution in [2.45, 2.75) is 107 Å². The maximum atomic E-state index is 14.6. The standard InChI is InChI=1S/C42H51N5O8S/c1-5-27-25-42(27,39(50)46-56(52,53)29-18-19-29)43-37(48)34-23-28-24-35(34)38(49)47(44-40(51)54-41(2,3)4)21-13-9-7-6-8-10-14-26-17-20-31-30-15-11-12-16-32(30)36(45-55-28)33(31)22-26/h5,10-12,14-17,20,22,27-29,34-35H,1,6-9,13,18-19,21,23-25H2,2-4H3,(H,43,48)(H,44,51)(H,46,50)/t27-,28-,34-,35-,42-/m1/s1. The Morgan fingerprint density at radius 3 is 2.45 bits per heavy atom. The van der Waals surface area contributed by atoms with Gasteiger partial charge in [-0.1, -0.05) is 72.6 Å². The normalized spacial score (nSPS) is 26.3. The van der Waals surface area contributed by atoms with Crippen molar-refractivity contribution in [1.82, 2.24) is 20.5 Å². The third kappa shape index (κ3) is 8.40. The Kier molecular flexibility index (Phi) is 10.9. The van der Waals surface area contributed by atoms with Crippen LogP contribution in [0, 0.1) is 17.8 Å². The number of benzene rings is 2. The van der Waals surface area contributed by atoms with Crippen LogP contribution in [-0.2, 0) is 34.0 Å². The fraction of sp³-hybridized carbons (Fsp3) is 0.500. The van der Waals surface area contributed by atoms with Gasteiger partial charge in [0.1, 0.15) is 23.0 Å². The van der Waals surface area contributed by atoms with E-state index < -0.39 is 74.1 Å². The van der Waals surface area contributed by atoms with E-state index in [-0.39, 0.29) is 25.8 Å². The van der Waals surface area contributed by atoms with Crippen molar-refractivity contribution in [2.75, 3.05) is 6.54 Å². The second kappa shape index (κ2) is 15.5. The van der Waals surface area contributed by atoms with Crippen LogP contribution >= 0.6 is 0 Å². The van der Waals surface area contributed by atoms with Gasteiger partial charge in [0.15, 0.2) is 0 Å². The zero-order valence-corrected chi connectivity index (χ0v) is 33.0. The summed E-state index contributed by atoms with van der Waals surface area (Å²) in [7, 11) is -3.89. The highest BCUT2D eigenvalue weighted by Crippen LogP contribution is 2.47. The lowest BCUT2D eigenvalue weighted by Crippen LogP contribution is -2.55. The highest BCUT2D eigenvalue weighted by atomic mass is 32.2. The van der Waals surface area contributed by atoms with E-state index in [1.807, 2.05) is 24.3 Å². The van der Waals surface area contributed by atoms with E-state index in [0.29, 0.717) is 25.0 Å². The number of allylic oxidation sites excluding steroid dienone is 1. The summed E-state index contributed by atoms with van der Waals surface area (Å²) in [5.74, 6) is -4.41. The van der Waals surface area contributed by atoms with Crippen LogP contribution in [0.15, 0.2) is 66.4 Å².